The lowest BCUT2D eigenvalue weighted by Gasteiger charge is -2.10. The largest absolute Gasteiger partial charge is 0.430 e. The van der Waals surface area contributed by atoms with Crippen molar-refractivity contribution in [2.24, 2.45) is 4.99 Å². The number of ether oxygens (including phenoxy) is 1. The van der Waals surface area contributed by atoms with Gasteiger partial charge in [-0.25, -0.2) is 4.99 Å². The van der Waals surface area contributed by atoms with Crippen LogP contribution in [0.4, 0.5) is 5.69 Å². The zero-order chi connectivity index (χ0) is 19.1. The van der Waals surface area contributed by atoms with E-state index in [1.54, 1.807) is 12.4 Å². The Morgan fingerprint density at radius 1 is 1.42 bits per heavy atom. The van der Waals surface area contributed by atoms with E-state index in [9.17, 15) is 0 Å². The fourth-order valence-corrected chi connectivity index (χ4v) is 3.88. The zero-order valence-corrected chi connectivity index (χ0v) is 18.0. The molecule has 9 heteroatoms. The number of hydrogen-bond donors (Lipinski definition) is 0. The lowest BCUT2D eigenvalue weighted by Crippen LogP contribution is -2.14. The van der Waals surface area contributed by atoms with E-state index in [2.05, 4.69) is 14.3 Å². The topological polar surface area (TPSA) is 50.6 Å². The number of aromatic nitrogens is 2. The van der Waals surface area contributed by atoms with Crippen LogP contribution in [-0.4, -0.2) is 38.5 Å². The molecule has 1 aromatic heterocycles. The van der Waals surface area contributed by atoms with Gasteiger partial charge < -0.3 is 9.64 Å². The first-order valence-electron chi connectivity index (χ1n) is 8.11. The Balaban J connectivity index is 1.78. The molecule has 140 valence electrons. The van der Waals surface area contributed by atoms with Gasteiger partial charge in [-0.1, -0.05) is 11.6 Å². The molecule has 0 spiro atoms. The molecule has 0 bridgehead atoms. The van der Waals surface area contributed by atoms with Crippen molar-refractivity contribution >= 4 is 58.4 Å². The van der Waals surface area contributed by atoms with Crippen molar-refractivity contribution in [1.29, 1.82) is 0 Å². The van der Waals surface area contributed by atoms with Crippen LogP contribution in [0.3, 0.4) is 0 Å². The number of nitrogens with zero attached hydrogens (tertiary/aromatic N) is 4. The summed E-state index contributed by atoms with van der Waals surface area (Å²) in [6.07, 6.45) is 2.38. The van der Waals surface area contributed by atoms with Crippen molar-refractivity contribution < 1.29 is 4.74 Å². The summed E-state index contributed by atoms with van der Waals surface area (Å²) in [5.74, 6) is 1.22. The smallest absolute Gasteiger partial charge is 0.298 e. The average molecular weight is 434 g/mol. The van der Waals surface area contributed by atoms with Crippen molar-refractivity contribution in [3.05, 3.63) is 28.5 Å². The minimum Gasteiger partial charge on any atom is -0.430 e. The van der Waals surface area contributed by atoms with Crippen LogP contribution in [0.15, 0.2) is 17.1 Å². The lowest BCUT2D eigenvalue weighted by molar-refractivity contribution is 0.471. The van der Waals surface area contributed by atoms with Gasteiger partial charge in [-0.2, -0.15) is 9.36 Å². The van der Waals surface area contributed by atoms with Gasteiger partial charge in [0.1, 0.15) is 10.1 Å². The zero-order valence-electron chi connectivity index (χ0n) is 14.9. The second kappa shape index (κ2) is 7.15. The van der Waals surface area contributed by atoms with Crippen molar-refractivity contribution in [3.63, 3.8) is 0 Å². The van der Waals surface area contributed by atoms with Crippen LogP contribution in [0.2, 0.25) is 5.02 Å². The predicted octanol–water partition coefficient (Wildman–Crippen LogP) is 5.74. The summed E-state index contributed by atoms with van der Waals surface area (Å²) in [5.41, 5.74) is 1.17. The molecule has 0 saturated heterocycles. The summed E-state index contributed by atoms with van der Waals surface area (Å²) in [6.45, 7) is 6.79. The minimum absolute atomic E-state index is 0.426. The average Bonchev–Trinajstić information content (AvgIpc) is 2.92. The highest BCUT2D eigenvalue weighted by Gasteiger charge is 2.66. The van der Waals surface area contributed by atoms with Crippen LogP contribution in [0.1, 0.15) is 31.7 Å². The Kier molecular flexibility index (Phi) is 5.41. The molecule has 1 aliphatic carbocycles. The van der Waals surface area contributed by atoms with Crippen LogP contribution in [0, 0.1) is 6.92 Å². The second-order valence-corrected chi connectivity index (χ2v) is 9.19. The van der Waals surface area contributed by atoms with Gasteiger partial charge in [-0.05, 0) is 38.8 Å². The number of aliphatic imine (C=N–C) groups is 1. The van der Waals surface area contributed by atoms with Crippen molar-refractivity contribution in [2.75, 3.05) is 13.6 Å². The monoisotopic (exact) mass is 432 g/mol. The lowest BCUT2D eigenvalue weighted by atomic mass is 10.1. The number of halogens is 3. The van der Waals surface area contributed by atoms with E-state index in [4.69, 9.17) is 39.5 Å². The Labute approximate surface area is 172 Å². The first-order valence-corrected chi connectivity index (χ1v) is 10.0. The molecular weight excluding hydrogens is 415 g/mol. The molecule has 1 aliphatic rings. The molecule has 1 unspecified atom stereocenters. The highest BCUT2D eigenvalue weighted by molar-refractivity contribution is 7.07. The number of benzene rings is 1. The van der Waals surface area contributed by atoms with Gasteiger partial charge in [-0.15, -0.1) is 23.2 Å². The molecule has 1 saturated carbocycles. The molecule has 1 fully saturated rings. The van der Waals surface area contributed by atoms with Gasteiger partial charge in [0, 0.05) is 31.2 Å². The highest BCUT2D eigenvalue weighted by atomic mass is 35.5. The standard InChI is InChI=1S/C17H19Cl3N4OS/c1-5-24(4)9-21-12-6-10(2)13(7-11(12)18)25-15-22-14(23-26-15)16(3)8-17(16,19)20/h6-7,9H,5,8H2,1-4H3. The molecular formula is C17H19Cl3N4OS. The van der Waals surface area contributed by atoms with Crippen molar-refractivity contribution in [2.45, 2.75) is 36.9 Å². The van der Waals surface area contributed by atoms with Gasteiger partial charge in [0.05, 0.1) is 22.5 Å². The van der Waals surface area contributed by atoms with Gasteiger partial charge in [-0.3, -0.25) is 0 Å². The first-order chi connectivity index (χ1) is 12.2. The van der Waals surface area contributed by atoms with Gasteiger partial charge >= 0.3 is 0 Å². The normalized spacial score (nSPS) is 21.2. The Bertz CT molecular complexity index is 855. The fraction of sp³-hybridized carbons (Fsp3) is 0.471. The van der Waals surface area contributed by atoms with Gasteiger partial charge in [0.2, 0.25) is 0 Å². The molecule has 0 aliphatic heterocycles. The van der Waals surface area contributed by atoms with Crippen LogP contribution < -0.4 is 4.74 Å². The molecule has 1 heterocycles. The Morgan fingerprint density at radius 2 is 2.12 bits per heavy atom. The van der Waals surface area contributed by atoms with E-state index in [1.165, 1.54) is 11.5 Å². The summed E-state index contributed by atoms with van der Waals surface area (Å²) < 4.78 is 9.41. The third-order valence-corrected chi connectivity index (χ3v) is 6.49. The number of rotatable bonds is 6. The first kappa shape index (κ1) is 19.7. The molecule has 0 N–H and O–H groups in total. The maximum Gasteiger partial charge on any atom is 0.298 e. The summed E-state index contributed by atoms with van der Waals surface area (Å²) in [7, 11) is 1.95. The molecule has 0 amide bonds. The molecule has 0 radical (unpaired) electrons. The molecule has 26 heavy (non-hydrogen) atoms. The van der Waals surface area contributed by atoms with Crippen molar-refractivity contribution in [1.82, 2.24) is 14.3 Å². The van der Waals surface area contributed by atoms with Crippen LogP contribution in [0.5, 0.6) is 10.9 Å². The summed E-state index contributed by atoms with van der Waals surface area (Å²) in [5, 5.41) is 0.934. The maximum atomic E-state index is 6.34. The van der Waals surface area contributed by atoms with E-state index in [1.807, 2.05) is 38.8 Å². The SMILES string of the molecule is CCN(C)C=Nc1cc(C)c(Oc2nc(C3(C)CC3(Cl)Cl)ns2)cc1Cl. The number of aryl methyl sites for hydroxylation is 1. The summed E-state index contributed by atoms with van der Waals surface area (Å²) in [4.78, 5) is 10.8. The van der Waals surface area contributed by atoms with Crippen LogP contribution >= 0.6 is 46.3 Å². The fourth-order valence-electron chi connectivity index (χ4n) is 2.31. The third-order valence-electron chi connectivity index (χ3n) is 4.49. The minimum atomic E-state index is -0.810. The van der Waals surface area contributed by atoms with E-state index >= 15 is 0 Å². The summed E-state index contributed by atoms with van der Waals surface area (Å²) >= 11 is 19.9. The summed E-state index contributed by atoms with van der Waals surface area (Å²) in [6, 6.07) is 3.62. The van der Waals surface area contributed by atoms with E-state index in [0.29, 0.717) is 33.9 Å². The van der Waals surface area contributed by atoms with Crippen molar-refractivity contribution in [3.8, 4) is 10.9 Å². The van der Waals surface area contributed by atoms with Gasteiger partial charge in [0.25, 0.3) is 5.19 Å². The molecule has 1 atom stereocenters. The molecule has 3 rings (SSSR count). The maximum absolute atomic E-state index is 6.34. The van der Waals surface area contributed by atoms with E-state index < -0.39 is 9.75 Å². The van der Waals surface area contributed by atoms with Gasteiger partial charge in [0.15, 0.2) is 5.82 Å². The van der Waals surface area contributed by atoms with Crippen LogP contribution in [-0.2, 0) is 5.41 Å². The predicted molar refractivity (Wildman–Crippen MR) is 109 cm³/mol. The molecule has 2 aromatic rings. The quantitative estimate of drug-likeness (QED) is 0.331. The number of hydrogen-bond acceptors (Lipinski definition) is 5. The third kappa shape index (κ3) is 3.79. The van der Waals surface area contributed by atoms with E-state index in [-0.39, 0.29) is 0 Å². The second-order valence-electron chi connectivity index (χ2n) is 6.59. The van der Waals surface area contributed by atoms with Crippen LogP contribution in [0.25, 0.3) is 0 Å². The molecule has 1 aromatic carbocycles. The Hall–Kier alpha value is -1.08. The number of alkyl halides is 2. The van der Waals surface area contributed by atoms with E-state index in [0.717, 1.165) is 12.1 Å². The highest BCUT2D eigenvalue weighted by Crippen LogP contribution is 2.64. The Morgan fingerprint density at radius 3 is 2.73 bits per heavy atom. The molecule has 5 nitrogen and oxygen atoms in total.